The fourth-order valence-corrected chi connectivity index (χ4v) is 2.68. The molecule has 0 unspecified atom stereocenters. The molecular weight excluding hydrogens is 230 g/mol. The number of nitrogens with one attached hydrogen (secondary N) is 1. The van der Waals surface area contributed by atoms with Crippen LogP contribution in [-0.4, -0.2) is 60.9 Å². The Labute approximate surface area is 110 Å². The molecule has 0 bridgehead atoms. The monoisotopic (exact) mass is 255 g/mol. The minimum atomic E-state index is -0.339. The average molecular weight is 255 g/mol. The molecule has 104 valence electrons. The summed E-state index contributed by atoms with van der Waals surface area (Å²) in [4.78, 5) is 27.3. The van der Waals surface area contributed by atoms with Crippen molar-refractivity contribution in [1.29, 1.82) is 0 Å². The summed E-state index contributed by atoms with van der Waals surface area (Å²) in [6.07, 6.45) is 0.975. The predicted octanol–water partition coefficient (Wildman–Crippen LogP) is 0.946. The summed E-state index contributed by atoms with van der Waals surface area (Å²) in [5.41, 5.74) is 0. The Hall–Kier alpha value is -1.10. The van der Waals surface area contributed by atoms with E-state index in [9.17, 15) is 9.59 Å². The summed E-state index contributed by atoms with van der Waals surface area (Å²) in [5.74, 6) is 0.172. The van der Waals surface area contributed by atoms with E-state index < -0.39 is 0 Å². The largest absolute Gasteiger partial charge is 0.323 e. The zero-order valence-corrected chi connectivity index (χ0v) is 12.1. The van der Waals surface area contributed by atoms with Crippen molar-refractivity contribution in [1.82, 2.24) is 15.1 Å². The second-order valence-electron chi connectivity index (χ2n) is 5.45. The van der Waals surface area contributed by atoms with Crippen LogP contribution in [0.4, 0.5) is 4.79 Å². The van der Waals surface area contributed by atoms with Crippen molar-refractivity contribution < 1.29 is 9.59 Å². The molecule has 1 saturated heterocycles. The van der Waals surface area contributed by atoms with Gasteiger partial charge in [-0.15, -0.1) is 0 Å². The van der Waals surface area contributed by atoms with E-state index in [1.807, 2.05) is 20.9 Å². The molecule has 1 aliphatic rings. The second-order valence-corrected chi connectivity index (χ2v) is 5.45. The van der Waals surface area contributed by atoms with E-state index in [1.165, 1.54) is 0 Å². The van der Waals surface area contributed by atoms with Gasteiger partial charge in [-0.05, 0) is 25.8 Å². The lowest BCUT2D eigenvalue weighted by atomic mass is 9.99. The molecule has 1 fully saturated rings. The maximum Gasteiger partial charge on any atom is 0.320 e. The Balaban J connectivity index is 2.71. The van der Waals surface area contributed by atoms with E-state index in [-0.39, 0.29) is 29.8 Å². The van der Waals surface area contributed by atoms with Crippen LogP contribution in [0.5, 0.6) is 0 Å². The van der Waals surface area contributed by atoms with Crippen LogP contribution >= 0.6 is 0 Å². The number of hydrogen-bond acceptors (Lipinski definition) is 3. The highest BCUT2D eigenvalue weighted by molar-refractivity contribution is 5.87. The van der Waals surface area contributed by atoms with Gasteiger partial charge in [0.2, 0.25) is 0 Å². The molecule has 1 N–H and O–H groups in total. The van der Waals surface area contributed by atoms with Crippen LogP contribution in [0.3, 0.4) is 0 Å². The van der Waals surface area contributed by atoms with Gasteiger partial charge in [-0.3, -0.25) is 4.79 Å². The molecule has 5 nitrogen and oxygen atoms in total. The number of likely N-dealkylation sites (N-methyl/N-ethyl adjacent to an activating group) is 2. The number of rotatable bonds is 4. The van der Waals surface area contributed by atoms with E-state index in [0.29, 0.717) is 0 Å². The van der Waals surface area contributed by atoms with E-state index >= 15 is 0 Å². The van der Waals surface area contributed by atoms with Crippen LogP contribution in [0.2, 0.25) is 0 Å². The average Bonchev–Trinajstić information content (AvgIpc) is 2.79. The Morgan fingerprint density at radius 2 is 1.89 bits per heavy atom. The van der Waals surface area contributed by atoms with Gasteiger partial charge in [0.05, 0.1) is 6.04 Å². The third-order valence-corrected chi connectivity index (χ3v) is 3.65. The maximum atomic E-state index is 12.4. The number of amides is 2. The van der Waals surface area contributed by atoms with Gasteiger partial charge >= 0.3 is 6.03 Å². The second kappa shape index (κ2) is 6.18. The molecule has 0 radical (unpaired) electrons. The van der Waals surface area contributed by atoms with Gasteiger partial charge in [0, 0.05) is 26.7 Å². The lowest BCUT2D eigenvalue weighted by molar-refractivity contribution is -0.122. The first-order valence-corrected chi connectivity index (χ1v) is 6.57. The third kappa shape index (κ3) is 3.22. The molecule has 0 spiro atoms. The fraction of sp³-hybridized carbons (Fsp3) is 0.846. The van der Waals surface area contributed by atoms with Crippen LogP contribution in [0.25, 0.3) is 0 Å². The van der Waals surface area contributed by atoms with Gasteiger partial charge in [-0.25, -0.2) is 4.79 Å². The topological polar surface area (TPSA) is 52.7 Å². The molecule has 0 aromatic rings. The third-order valence-electron chi connectivity index (χ3n) is 3.65. The molecule has 0 aromatic heterocycles. The molecular formula is C13H25N3O2. The van der Waals surface area contributed by atoms with Crippen LogP contribution in [0.1, 0.15) is 27.2 Å². The normalized spacial score (nSPS) is 20.9. The molecule has 0 aliphatic carbocycles. The highest BCUT2D eigenvalue weighted by atomic mass is 16.2. The van der Waals surface area contributed by atoms with E-state index in [2.05, 4.69) is 5.32 Å². The molecule has 1 heterocycles. The summed E-state index contributed by atoms with van der Waals surface area (Å²) in [5, 5.41) is 3.24. The SMILES string of the molecule is CC(=O)[C@H](C(C)C)N(C)C(=O)N(C)[C@H]1CCNC1. The number of nitrogens with zero attached hydrogens (tertiary/aromatic N) is 2. The Morgan fingerprint density at radius 3 is 2.28 bits per heavy atom. The predicted molar refractivity (Wildman–Crippen MR) is 71.5 cm³/mol. The van der Waals surface area contributed by atoms with Crippen molar-refractivity contribution in [2.24, 2.45) is 5.92 Å². The van der Waals surface area contributed by atoms with E-state index in [0.717, 1.165) is 19.5 Å². The van der Waals surface area contributed by atoms with E-state index in [4.69, 9.17) is 0 Å². The molecule has 2 amide bonds. The lowest BCUT2D eigenvalue weighted by Gasteiger charge is -2.34. The zero-order chi connectivity index (χ0) is 13.9. The minimum Gasteiger partial charge on any atom is -0.323 e. The van der Waals surface area contributed by atoms with Crippen molar-refractivity contribution in [2.45, 2.75) is 39.3 Å². The van der Waals surface area contributed by atoms with Gasteiger partial charge in [-0.1, -0.05) is 13.8 Å². The number of hydrogen-bond donors (Lipinski definition) is 1. The summed E-state index contributed by atoms with van der Waals surface area (Å²) < 4.78 is 0. The van der Waals surface area contributed by atoms with Gasteiger partial charge in [0.15, 0.2) is 5.78 Å². The number of ketones is 1. The summed E-state index contributed by atoms with van der Waals surface area (Å²) in [7, 11) is 3.53. The summed E-state index contributed by atoms with van der Waals surface area (Å²) in [6.45, 7) is 7.26. The van der Waals surface area contributed by atoms with Crippen LogP contribution in [0.15, 0.2) is 0 Å². The van der Waals surface area contributed by atoms with Crippen molar-refractivity contribution in [2.75, 3.05) is 27.2 Å². The van der Waals surface area contributed by atoms with Crippen LogP contribution in [0, 0.1) is 5.92 Å². The van der Waals surface area contributed by atoms with E-state index in [1.54, 1.807) is 23.8 Å². The number of urea groups is 1. The quantitative estimate of drug-likeness (QED) is 0.813. The minimum absolute atomic E-state index is 0.0406. The molecule has 18 heavy (non-hydrogen) atoms. The zero-order valence-electron chi connectivity index (χ0n) is 12.1. The first-order chi connectivity index (χ1) is 8.36. The first kappa shape index (κ1) is 15.0. The fourth-order valence-electron chi connectivity index (χ4n) is 2.68. The molecule has 2 atom stereocenters. The molecule has 1 rings (SSSR count). The summed E-state index contributed by atoms with van der Waals surface area (Å²) in [6, 6.07) is -0.174. The first-order valence-electron chi connectivity index (χ1n) is 6.57. The molecule has 0 aromatic carbocycles. The Bertz CT molecular complexity index is 311. The van der Waals surface area contributed by atoms with Gasteiger partial charge < -0.3 is 15.1 Å². The lowest BCUT2D eigenvalue weighted by Crippen LogP contribution is -2.52. The molecule has 1 aliphatic heterocycles. The van der Waals surface area contributed by atoms with Crippen molar-refractivity contribution in [3.8, 4) is 0 Å². The van der Waals surface area contributed by atoms with Crippen molar-refractivity contribution in [3.05, 3.63) is 0 Å². The van der Waals surface area contributed by atoms with Crippen molar-refractivity contribution >= 4 is 11.8 Å². The highest BCUT2D eigenvalue weighted by Crippen LogP contribution is 2.15. The number of carbonyl (C=O) groups excluding carboxylic acids is 2. The van der Waals surface area contributed by atoms with Gasteiger partial charge in [-0.2, -0.15) is 0 Å². The smallest absolute Gasteiger partial charge is 0.320 e. The van der Waals surface area contributed by atoms with Crippen LogP contribution < -0.4 is 5.32 Å². The highest BCUT2D eigenvalue weighted by Gasteiger charge is 2.31. The Kier molecular flexibility index (Phi) is 5.14. The Morgan fingerprint density at radius 1 is 1.28 bits per heavy atom. The van der Waals surface area contributed by atoms with Gasteiger partial charge in [0.25, 0.3) is 0 Å². The number of Topliss-reactive ketones (excluding diaryl/α,β-unsaturated/α-hetero) is 1. The molecule has 5 heteroatoms. The van der Waals surface area contributed by atoms with Gasteiger partial charge in [0.1, 0.15) is 0 Å². The number of carbonyl (C=O) groups is 2. The standard InChI is InChI=1S/C13H25N3O2/c1-9(2)12(10(3)17)16(5)13(18)15(4)11-6-7-14-8-11/h9,11-12,14H,6-8H2,1-5H3/t11-,12-/m0/s1. The molecule has 0 saturated carbocycles. The van der Waals surface area contributed by atoms with Crippen LogP contribution in [-0.2, 0) is 4.79 Å². The summed E-state index contributed by atoms with van der Waals surface area (Å²) >= 11 is 0. The van der Waals surface area contributed by atoms with Crippen molar-refractivity contribution in [3.63, 3.8) is 0 Å². The maximum absolute atomic E-state index is 12.4.